The molecule has 0 N–H and O–H groups in total. The maximum Gasteiger partial charge on any atom is 0.275 e. The molecule has 0 radical (unpaired) electrons. The molecule has 2 rings (SSSR count). The van der Waals surface area contributed by atoms with E-state index in [0.29, 0.717) is 5.89 Å². The maximum absolute atomic E-state index is 5.18. The summed E-state index contributed by atoms with van der Waals surface area (Å²) in [5.41, 5.74) is 2.37. The van der Waals surface area contributed by atoms with Crippen LogP contribution in [0.2, 0.25) is 0 Å². The first kappa shape index (κ1) is 8.10. The molecule has 0 aliphatic rings. The Hall–Kier alpha value is -1.51. The summed E-state index contributed by atoms with van der Waals surface area (Å²) in [6.45, 7) is 2.14. The zero-order valence-electron chi connectivity index (χ0n) is 7.82. The van der Waals surface area contributed by atoms with Crippen molar-refractivity contribution in [1.29, 1.82) is 0 Å². The van der Waals surface area contributed by atoms with Crippen LogP contribution in [0, 0.1) is 0 Å². The second kappa shape index (κ2) is 3.09. The zero-order chi connectivity index (χ0) is 9.26. The Morgan fingerprint density at radius 1 is 1.31 bits per heavy atom. The largest absolute Gasteiger partial charge is 0.340 e. The molecule has 0 aliphatic carbocycles. The Labute approximate surface area is 76.9 Å². The predicted octanol–water partition coefficient (Wildman–Crippen LogP) is 2.24. The van der Waals surface area contributed by atoms with Crippen molar-refractivity contribution in [3.8, 4) is 11.5 Å². The standard InChI is InChI=1S/C10H12N2O/c1-3-8-4-6-9(7-5-8)10-11-12(2)13-10/h4-7H,3H2,1-2H3. The average molecular weight is 176 g/mol. The van der Waals surface area contributed by atoms with Gasteiger partial charge < -0.3 is 4.52 Å². The number of nitrogens with zero attached hydrogens (tertiary/aromatic N) is 2. The molecule has 1 aromatic heterocycles. The summed E-state index contributed by atoms with van der Waals surface area (Å²) < 4.78 is 5.18. The molecule has 0 fully saturated rings. The van der Waals surface area contributed by atoms with Gasteiger partial charge in [0, 0.05) is 5.56 Å². The molecule has 0 bridgehead atoms. The van der Waals surface area contributed by atoms with E-state index >= 15 is 0 Å². The summed E-state index contributed by atoms with van der Waals surface area (Å²) in [6, 6.07) is 8.26. The van der Waals surface area contributed by atoms with Crippen LogP contribution in [0.15, 0.2) is 28.8 Å². The molecule has 0 spiro atoms. The van der Waals surface area contributed by atoms with Gasteiger partial charge in [0.15, 0.2) is 0 Å². The second-order valence-electron chi connectivity index (χ2n) is 3.01. The summed E-state index contributed by atoms with van der Waals surface area (Å²) in [6.07, 6.45) is 1.06. The molecule has 3 nitrogen and oxygen atoms in total. The molecule has 0 atom stereocenters. The van der Waals surface area contributed by atoms with Crippen LogP contribution < -0.4 is 0 Å². The van der Waals surface area contributed by atoms with Crippen molar-refractivity contribution in [3.05, 3.63) is 29.8 Å². The third kappa shape index (κ3) is 1.49. The first-order valence-electron chi connectivity index (χ1n) is 4.39. The minimum atomic E-state index is 0.699. The molecule has 0 amide bonds. The molecule has 0 saturated heterocycles. The fourth-order valence-electron chi connectivity index (χ4n) is 1.25. The van der Waals surface area contributed by atoms with Crippen molar-refractivity contribution in [3.63, 3.8) is 0 Å². The number of rotatable bonds is 2. The molecular formula is C10H12N2O. The van der Waals surface area contributed by atoms with E-state index in [0.717, 1.165) is 12.0 Å². The highest BCUT2D eigenvalue weighted by atomic mass is 16.5. The van der Waals surface area contributed by atoms with Gasteiger partial charge in [-0.25, -0.2) is 0 Å². The van der Waals surface area contributed by atoms with Gasteiger partial charge in [-0.1, -0.05) is 24.2 Å². The number of hydrogen-bond donors (Lipinski definition) is 0. The summed E-state index contributed by atoms with van der Waals surface area (Å²) in [5, 5.41) is 4.08. The maximum atomic E-state index is 5.18. The normalized spacial score (nSPS) is 10.6. The van der Waals surface area contributed by atoms with Gasteiger partial charge in [-0.15, -0.1) is 4.85 Å². The van der Waals surface area contributed by atoms with Crippen LogP contribution in [0.3, 0.4) is 0 Å². The number of aryl methyl sites for hydroxylation is 2. The van der Waals surface area contributed by atoms with Gasteiger partial charge in [0.05, 0.1) is 7.05 Å². The SMILES string of the molecule is CCc1ccc(-c2nn(C)o2)cc1. The van der Waals surface area contributed by atoms with Crippen LogP contribution in [0.4, 0.5) is 0 Å². The van der Waals surface area contributed by atoms with E-state index in [4.69, 9.17) is 4.52 Å². The van der Waals surface area contributed by atoms with E-state index in [2.05, 4.69) is 24.2 Å². The lowest BCUT2D eigenvalue weighted by Gasteiger charge is -2.06. The Kier molecular flexibility index (Phi) is 1.93. The van der Waals surface area contributed by atoms with Gasteiger partial charge in [0.25, 0.3) is 5.89 Å². The zero-order valence-corrected chi connectivity index (χ0v) is 7.82. The van der Waals surface area contributed by atoms with Crippen LogP contribution in [0.1, 0.15) is 12.5 Å². The van der Waals surface area contributed by atoms with Crippen molar-refractivity contribution in [2.24, 2.45) is 7.05 Å². The number of hydrogen-bond acceptors (Lipinski definition) is 2. The van der Waals surface area contributed by atoms with Crippen LogP contribution in [0.25, 0.3) is 11.5 Å². The average Bonchev–Trinajstić information content (AvgIpc) is 2.13. The van der Waals surface area contributed by atoms with Crippen LogP contribution in [-0.4, -0.2) is 9.95 Å². The Morgan fingerprint density at radius 2 is 1.92 bits per heavy atom. The van der Waals surface area contributed by atoms with Gasteiger partial charge in [-0.05, 0) is 24.1 Å². The minimum absolute atomic E-state index is 0.699. The van der Waals surface area contributed by atoms with Crippen LogP contribution >= 0.6 is 0 Å². The smallest absolute Gasteiger partial charge is 0.275 e. The first-order chi connectivity index (χ1) is 6.29. The molecule has 0 saturated carbocycles. The molecule has 2 aromatic rings. The lowest BCUT2D eigenvalue weighted by Crippen LogP contribution is -2.04. The highest BCUT2D eigenvalue weighted by molar-refractivity contribution is 5.52. The molecule has 68 valence electrons. The van der Waals surface area contributed by atoms with Gasteiger partial charge in [-0.3, -0.25) is 0 Å². The van der Waals surface area contributed by atoms with Crippen molar-refractivity contribution in [2.45, 2.75) is 13.3 Å². The van der Waals surface area contributed by atoms with Gasteiger partial charge in [-0.2, -0.15) is 0 Å². The highest BCUT2D eigenvalue weighted by Gasteiger charge is 2.06. The number of benzene rings is 1. The van der Waals surface area contributed by atoms with Gasteiger partial charge in [0.2, 0.25) is 0 Å². The Bertz CT molecular complexity index is 371. The predicted molar refractivity (Wildman–Crippen MR) is 50.3 cm³/mol. The molecule has 1 aromatic carbocycles. The van der Waals surface area contributed by atoms with Crippen molar-refractivity contribution < 1.29 is 4.52 Å². The van der Waals surface area contributed by atoms with Crippen LogP contribution in [-0.2, 0) is 13.5 Å². The second-order valence-corrected chi connectivity index (χ2v) is 3.01. The molecule has 0 aliphatic heterocycles. The van der Waals surface area contributed by atoms with E-state index < -0.39 is 0 Å². The quantitative estimate of drug-likeness (QED) is 0.702. The van der Waals surface area contributed by atoms with Crippen molar-refractivity contribution in [1.82, 2.24) is 9.95 Å². The van der Waals surface area contributed by atoms with Gasteiger partial charge in [0.1, 0.15) is 0 Å². The number of aromatic nitrogens is 2. The first-order valence-corrected chi connectivity index (χ1v) is 4.39. The summed E-state index contributed by atoms with van der Waals surface area (Å²) in [4.78, 5) is 1.45. The summed E-state index contributed by atoms with van der Waals surface area (Å²) in [5.74, 6) is 0.699. The fourth-order valence-corrected chi connectivity index (χ4v) is 1.25. The van der Waals surface area contributed by atoms with E-state index in [1.165, 1.54) is 10.4 Å². The van der Waals surface area contributed by atoms with E-state index in [9.17, 15) is 0 Å². The molecule has 3 heteroatoms. The summed E-state index contributed by atoms with van der Waals surface area (Å²) >= 11 is 0. The van der Waals surface area contributed by atoms with E-state index in [1.54, 1.807) is 7.05 Å². The van der Waals surface area contributed by atoms with Crippen LogP contribution in [0.5, 0.6) is 0 Å². The minimum Gasteiger partial charge on any atom is -0.340 e. The van der Waals surface area contributed by atoms with E-state index in [-0.39, 0.29) is 0 Å². The van der Waals surface area contributed by atoms with Crippen molar-refractivity contribution in [2.75, 3.05) is 0 Å². The lowest BCUT2D eigenvalue weighted by atomic mass is 10.1. The monoisotopic (exact) mass is 176 g/mol. The molecule has 13 heavy (non-hydrogen) atoms. The summed E-state index contributed by atoms with van der Waals surface area (Å²) in [7, 11) is 1.77. The Balaban J connectivity index is 2.25. The third-order valence-corrected chi connectivity index (χ3v) is 2.06. The lowest BCUT2D eigenvalue weighted by molar-refractivity contribution is 0.186. The highest BCUT2D eigenvalue weighted by Crippen LogP contribution is 2.18. The molecule has 1 heterocycles. The van der Waals surface area contributed by atoms with E-state index in [1.807, 2.05) is 12.1 Å². The Morgan fingerprint density at radius 3 is 2.38 bits per heavy atom. The molecular weight excluding hydrogens is 164 g/mol. The fraction of sp³-hybridized carbons (Fsp3) is 0.300. The molecule has 0 unspecified atom stereocenters. The van der Waals surface area contributed by atoms with Gasteiger partial charge >= 0.3 is 0 Å². The third-order valence-electron chi connectivity index (χ3n) is 2.06. The van der Waals surface area contributed by atoms with Crippen molar-refractivity contribution >= 4 is 0 Å². The topological polar surface area (TPSA) is 31.0 Å².